The zero-order valence-corrected chi connectivity index (χ0v) is 18.1. The summed E-state index contributed by atoms with van der Waals surface area (Å²) in [5.41, 5.74) is 7.25. The third-order valence-electron chi connectivity index (χ3n) is 5.31. The van der Waals surface area contributed by atoms with Crippen LogP contribution < -0.4 is 21.8 Å². The highest BCUT2D eigenvalue weighted by Crippen LogP contribution is 2.23. The second-order valence-corrected chi connectivity index (χ2v) is 7.19. The van der Waals surface area contributed by atoms with Gasteiger partial charge in [-0.2, -0.15) is 0 Å². The number of hydrogen-bond donors (Lipinski definition) is 1. The fourth-order valence-electron chi connectivity index (χ4n) is 3.73. The molecule has 1 aliphatic heterocycles. The van der Waals surface area contributed by atoms with Crippen LogP contribution in [0.25, 0.3) is 11.0 Å². The summed E-state index contributed by atoms with van der Waals surface area (Å²) in [6.07, 6.45) is 1.94. The molecule has 3 heterocycles. The first kappa shape index (κ1) is 23.0. The van der Waals surface area contributed by atoms with Gasteiger partial charge in [0.05, 0.1) is 6.54 Å². The highest BCUT2D eigenvalue weighted by molar-refractivity contribution is 5.85. The zero-order valence-electron chi connectivity index (χ0n) is 16.4. The number of benzene rings is 1. The SMILES string of the molecule is Cl.Cl.Cn1c(=O)c2nc(N3CCC[C@H](N)C3)n(Cc3ccccc3)c2c(=O)n1C. The van der Waals surface area contributed by atoms with Crippen LogP contribution in [0.15, 0.2) is 39.9 Å². The van der Waals surface area contributed by atoms with Gasteiger partial charge in [-0.25, -0.2) is 14.3 Å². The summed E-state index contributed by atoms with van der Waals surface area (Å²) < 4.78 is 4.50. The molecule has 0 bridgehead atoms. The van der Waals surface area contributed by atoms with E-state index in [1.807, 2.05) is 34.9 Å². The van der Waals surface area contributed by atoms with Crippen LogP contribution in [0.5, 0.6) is 0 Å². The lowest BCUT2D eigenvalue weighted by Crippen LogP contribution is -2.44. The number of aromatic nitrogens is 4. The van der Waals surface area contributed by atoms with Crippen LogP contribution in [-0.2, 0) is 20.6 Å². The number of anilines is 1. The van der Waals surface area contributed by atoms with E-state index in [9.17, 15) is 9.59 Å². The molecule has 158 valence electrons. The Morgan fingerprint density at radius 3 is 2.38 bits per heavy atom. The fourth-order valence-corrected chi connectivity index (χ4v) is 3.73. The summed E-state index contributed by atoms with van der Waals surface area (Å²) in [6.45, 7) is 1.95. The molecule has 0 radical (unpaired) electrons. The molecule has 10 heteroatoms. The van der Waals surface area contributed by atoms with Gasteiger partial charge >= 0.3 is 0 Å². The number of piperidine rings is 1. The Hall–Kier alpha value is -2.29. The van der Waals surface area contributed by atoms with Gasteiger partial charge in [-0.3, -0.25) is 9.59 Å². The molecule has 0 saturated carbocycles. The summed E-state index contributed by atoms with van der Waals surface area (Å²) in [6, 6.07) is 9.94. The van der Waals surface area contributed by atoms with Gasteiger partial charge in [0.15, 0.2) is 5.52 Å². The Morgan fingerprint density at radius 1 is 1.07 bits per heavy atom. The third-order valence-corrected chi connectivity index (χ3v) is 5.31. The number of fused-ring (bicyclic) bond motifs is 1. The fraction of sp³-hybridized carbons (Fsp3) is 0.421. The molecule has 1 saturated heterocycles. The molecule has 0 aliphatic carbocycles. The maximum absolute atomic E-state index is 13.0. The van der Waals surface area contributed by atoms with Gasteiger partial charge in [-0.15, -0.1) is 24.8 Å². The van der Waals surface area contributed by atoms with Crippen molar-refractivity contribution < 1.29 is 0 Å². The van der Waals surface area contributed by atoms with Crippen LogP contribution in [-0.4, -0.2) is 38.0 Å². The Labute approximate surface area is 180 Å². The molecule has 29 heavy (non-hydrogen) atoms. The minimum atomic E-state index is -0.276. The van der Waals surface area contributed by atoms with Crippen molar-refractivity contribution in [3.63, 3.8) is 0 Å². The Morgan fingerprint density at radius 2 is 1.72 bits per heavy atom. The van der Waals surface area contributed by atoms with E-state index >= 15 is 0 Å². The van der Waals surface area contributed by atoms with Gasteiger partial charge < -0.3 is 15.2 Å². The largest absolute Gasteiger partial charge is 0.341 e. The first-order valence-corrected chi connectivity index (χ1v) is 9.18. The zero-order chi connectivity index (χ0) is 19.1. The lowest BCUT2D eigenvalue weighted by Gasteiger charge is -2.32. The van der Waals surface area contributed by atoms with E-state index in [1.165, 1.54) is 9.36 Å². The van der Waals surface area contributed by atoms with Gasteiger partial charge in [0, 0.05) is 33.2 Å². The Kier molecular flexibility index (Phi) is 7.15. The minimum Gasteiger partial charge on any atom is -0.341 e. The Bertz CT molecular complexity index is 1110. The minimum absolute atomic E-state index is 0. The van der Waals surface area contributed by atoms with Crippen LogP contribution in [0.2, 0.25) is 0 Å². The van der Waals surface area contributed by atoms with Crippen LogP contribution in [0.1, 0.15) is 18.4 Å². The van der Waals surface area contributed by atoms with Crippen molar-refractivity contribution in [2.45, 2.75) is 25.4 Å². The molecule has 1 aromatic carbocycles. The van der Waals surface area contributed by atoms with Crippen LogP contribution in [0, 0.1) is 0 Å². The topological polar surface area (TPSA) is 91.1 Å². The number of halogens is 2. The highest BCUT2D eigenvalue weighted by Gasteiger charge is 2.26. The molecule has 1 aliphatic rings. The molecule has 0 spiro atoms. The van der Waals surface area contributed by atoms with Gasteiger partial charge in [0.2, 0.25) is 5.95 Å². The van der Waals surface area contributed by atoms with Crippen molar-refractivity contribution in [1.29, 1.82) is 0 Å². The van der Waals surface area contributed by atoms with E-state index in [-0.39, 0.29) is 47.5 Å². The summed E-state index contributed by atoms with van der Waals surface area (Å²) in [7, 11) is 3.18. The van der Waals surface area contributed by atoms with Gasteiger partial charge in [0.25, 0.3) is 11.1 Å². The smallest absolute Gasteiger partial charge is 0.293 e. The van der Waals surface area contributed by atoms with Crippen molar-refractivity contribution in [3.05, 3.63) is 56.6 Å². The van der Waals surface area contributed by atoms with Crippen LogP contribution in [0.4, 0.5) is 5.95 Å². The monoisotopic (exact) mass is 440 g/mol. The van der Waals surface area contributed by atoms with E-state index in [0.717, 1.165) is 24.9 Å². The summed E-state index contributed by atoms with van der Waals surface area (Å²) >= 11 is 0. The van der Waals surface area contributed by atoms with Crippen LogP contribution >= 0.6 is 24.8 Å². The number of nitrogens with zero attached hydrogens (tertiary/aromatic N) is 5. The molecule has 8 nitrogen and oxygen atoms in total. The molecular formula is C19H26Cl2N6O2. The predicted octanol–water partition coefficient (Wildman–Crippen LogP) is 1.25. The first-order valence-electron chi connectivity index (χ1n) is 9.18. The number of hydrogen-bond acceptors (Lipinski definition) is 5. The molecule has 2 N–H and O–H groups in total. The van der Waals surface area contributed by atoms with Gasteiger partial charge in [0.1, 0.15) is 5.52 Å². The molecule has 2 aromatic heterocycles. The van der Waals surface area contributed by atoms with Crippen LogP contribution in [0.3, 0.4) is 0 Å². The molecular weight excluding hydrogens is 415 g/mol. The lowest BCUT2D eigenvalue weighted by molar-refractivity contribution is 0.495. The van der Waals surface area contributed by atoms with Crippen molar-refractivity contribution in [1.82, 2.24) is 18.9 Å². The average molecular weight is 441 g/mol. The van der Waals surface area contributed by atoms with E-state index < -0.39 is 0 Å². The second kappa shape index (κ2) is 9.02. The molecule has 4 rings (SSSR count). The van der Waals surface area contributed by atoms with Crippen molar-refractivity contribution >= 4 is 41.8 Å². The van der Waals surface area contributed by atoms with E-state index in [0.29, 0.717) is 24.6 Å². The number of imidazole rings is 1. The van der Waals surface area contributed by atoms with Crippen molar-refractivity contribution in [2.75, 3.05) is 18.0 Å². The number of nitrogens with two attached hydrogens (primary N) is 1. The van der Waals surface area contributed by atoms with E-state index in [2.05, 4.69) is 9.88 Å². The molecule has 1 atom stereocenters. The van der Waals surface area contributed by atoms with Gasteiger partial charge in [-0.1, -0.05) is 30.3 Å². The Balaban J connectivity index is 0.00000150. The standard InChI is InChI=1S/C19H24N6O2.2ClH/c1-22-17(26)15-16(18(27)23(22)2)25(11-13-7-4-3-5-8-13)19(21-15)24-10-6-9-14(20)12-24;;/h3-5,7-8,14H,6,9-12,20H2,1-2H3;2*1H/t14-;;/m0../s1. The maximum atomic E-state index is 13.0. The van der Waals surface area contributed by atoms with Crippen molar-refractivity contribution in [2.24, 2.45) is 19.8 Å². The van der Waals surface area contributed by atoms with E-state index in [4.69, 9.17) is 5.73 Å². The van der Waals surface area contributed by atoms with E-state index in [1.54, 1.807) is 14.1 Å². The summed E-state index contributed by atoms with van der Waals surface area (Å²) in [5.74, 6) is 0.643. The third kappa shape index (κ3) is 4.05. The quantitative estimate of drug-likeness (QED) is 0.661. The molecule has 1 fully saturated rings. The second-order valence-electron chi connectivity index (χ2n) is 7.19. The van der Waals surface area contributed by atoms with Gasteiger partial charge in [-0.05, 0) is 18.4 Å². The molecule has 0 amide bonds. The normalized spacial score (nSPS) is 16.4. The maximum Gasteiger partial charge on any atom is 0.293 e. The summed E-state index contributed by atoms with van der Waals surface area (Å²) in [5, 5.41) is 0. The average Bonchev–Trinajstić information content (AvgIpc) is 3.05. The first-order chi connectivity index (χ1) is 13.0. The molecule has 0 unspecified atom stereocenters. The highest BCUT2D eigenvalue weighted by atomic mass is 35.5. The van der Waals surface area contributed by atoms with Crippen molar-refractivity contribution in [3.8, 4) is 0 Å². The predicted molar refractivity (Wildman–Crippen MR) is 120 cm³/mol. The lowest BCUT2D eigenvalue weighted by atomic mass is 10.1. The number of rotatable bonds is 3. The molecule has 3 aromatic rings. The summed E-state index contributed by atoms with van der Waals surface area (Å²) in [4.78, 5) is 32.4.